The van der Waals surface area contributed by atoms with Gasteiger partial charge in [-0.2, -0.15) is 0 Å². The van der Waals surface area contributed by atoms with Gasteiger partial charge in [0.2, 0.25) is 5.89 Å². The first-order chi connectivity index (χ1) is 12.5. The Morgan fingerprint density at radius 2 is 2.00 bits per heavy atom. The van der Waals surface area contributed by atoms with Crippen molar-refractivity contribution in [1.29, 1.82) is 0 Å². The Kier molecular flexibility index (Phi) is 7.15. The molecule has 0 bridgehead atoms. The van der Waals surface area contributed by atoms with Crippen LogP contribution in [0.3, 0.4) is 0 Å². The second-order valence-corrected chi connectivity index (χ2v) is 5.98. The smallest absolute Gasteiger partial charge is 0.214 e. The largest absolute Gasteiger partial charge is 0.493 e. The number of oxazole rings is 1. The van der Waals surface area contributed by atoms with Crippen molar-refractivity contribution in [2.24, 2.45) is 4.99 Å². The minimum Gasteiger partial charge on any atom is -0.493 e. The first kappa shape index (κ1) is 19.9. The summed E-state index contributed by atoms with van der Waals surface area (Å²) in [6.07, 6.45) is 0. The van der Waals surface area contributed by atoms with E-state index in [1.54, 1.807) is 14.2 Å². The third-order valence-corrected chi connectivity index (χ3v) is 4.02. The van der Waals surface area contributed by atoms with Gasteiger partial charge in [-0.15, -0.1) is 0 Å². The summed E-state index contributed by atoms with van der Waals surface area (Å²) >= 11 is 6.30. The summed E-state index contributed by atoms with van der Waals surface area (Å²) in [6, 6.07) is 3.73. The molecular weight excluding hydrogens is 356 g/mol. The maximum absolute atomic E-state index is 6.30. The van der Waals surface area contributed by atoms with Gasteiger partial charge in [0.25, 0.3) is 0 Å². The highest BCUT2D eigenvalue weighted by molar-refractivity contribution is 6.32. The van der Waals surface area contributed by atoms with Crippen molar-refractivity contribution in [3.05, 3.63) is 40.1 Å². The number of nitrogens with one attached hydrogen (secondary N) is 2. The van der Waals surface area contributed by atoms with Crippen LogP contribution in [0.5, 0.6) is 11.5 Å². The van der Waals surface area contributed by atoms with Gasteiger partial charge in [0, 0.05) is 13.6 Å². The van der Waals surface area contributed by atoms with Crippen LogP contribution >= 0.6 is 11.6 Å². The lowest BCUT2D eigenvalue weighted by atomic mass is 10.2. The second-order valence-electron chi connectivity index (χ2n) is 5.57. The van der Waals surface area contributed by atoms with Gasteiger partial charge in [0.15, 0.2) is 17.5 Å². The Morgan fingerprint density at radius 3 is 2.58 bits per heavy atom. The molecule has 0 saturated carbocycles. The Labute approximate surface area is 158 Å². The number of ether oxygens (including phenoxy) is 2. The van der Waals surface area contributed by atoms with E-state index in [0.717, 1.165) is 17.0 Å². The van der Waals surface area contributed by atoms with E-state index in [9.17, 15) is 0 Å². The number of hydrogen-bond donors (Lipinski definition) is 2. The Morgan fingerprint density at radius 1 is 1.27 bits per heavy atom. The molecule has 8 heteroatoms. The van der Waals surface area contributed by atoms with Gasteiger partial charge in [0.1, 0.15) is 5.76 Å². The Bertz CT molecular complexity index is 755. The number of guanidine groups is 1. The molecule has 26 heavy (non-hydrogen) atoms. The molecular formula is C18H25ClN4O3. The first-order valence-electron chi connectivity index (χ1n) is 8.35. The van der Waals surface area contributed by atoms with Crippen LogP contribution < -0.4 is 20.1 Å². The summed E-state index contributed by atoms with van der Waals surface area (Å²) in [7, 11) is 3.29. The number of halogens is 1. The molecule has 2 N–H and O–H groups in total. The molecule has 1 aromatic heterocycles. The minimum absolute atomic E-state index is 0.446. The predicted octanol–water partition coefficient (Wildman–Crippen LogP) is 3.22. The topological polar surface area (TPSA) is 80.9 Å². The molecule has 0 aliphatic carbocycles. The van der Waals surface area contributed by atoms with Gasteiger partial charge in [-0.25, -0.2) is 4.98 Å². The Hall–Kier alpha value is -2.41. The number of benzene rings is 1. The molecule has 142 valence electrons. The molecule has 0 fully saturated rings. The zero-order valence-corrected chi connectivity index (χ0v) is 16.5. The summed E-state index contributed by atoms with van der Waals surface area (Å²) in [5.74, 6) is 3.22. The van der Waals surface area contributed by atoms with Gasteiger partial charge in [-0.1, -0.05) is 11.6 Å². The van der Waals surface area contributed by atoms with Crippen molar-refractivity contribution in [3.8, 4) is 11.5 Å². The number of aryl methyl sites for hydroxylation is 2. The molecule has 0 radical (unpaired) electrons. The second kappa shape index (κ2) is 9.33. The number of hydrogen-bond acceptors (Lipinski definition) is 5. The normalized spacial score (nSPS) is 11.4. The molecule has 0 aliphatic rings. The zero-order valence-electron chi connectivity index (χ0n) is 15.8. The van der Waals surface area contributed by atoms with Crippen molar-refractivity contribution < 1.29 is 13.9 Å². The molecule has 2 rings (SSSR count). The van der Waals surface area contributed by atoms with Crippen molar-refractivity contribution >= 4 is 17.6 Å². The summed E-state index contributed by atoms with van der Waals surface area (Å²) in [4.78, 5) is 8.53. The molecule has 1 heterocycles. The van der Waals surface area contributed by atoms with Crippen molar-refractivity contribution in [2.45, 2.75) is 33.9 Å². The van der Waals surface area contributed by atoms with Gasteiger partial charge < -0.3 is 24.5 Å². The van der Waals surface area contributed by atoms with Crippen molar-refractivity contribution in [3.63, 3.8) is 0 Å². The fourth-order valence-corrected chi connectivity index (χ4v) is 2.63. The molecule has 0 spiro atoms. The zero-order chi connectivity index (χ0) is 19.1. The van der Waals surface area contributed by atoms with Crippen LogP contribution in [-0.4, -0.2) is 31.7 Å². The van der Waals surface area contributed by atoms with E-state index < -0.39 is 0 Å². The van der Waals surface area contributed by atoms with E-state index in [2.05, 4.69) is 20.6 Å². The summed E-state index contributed by atoms with van der Waals surface area (Å²) in [5.41, 5.74) is 1.84. The van der Waals surface area contributed by atoms with Gasteiger partial charge in [-0.05, 0) is 38.5 Å². The van der Waals surface area contributed by atoms with Crippen LogP contribution in [0.1, 0.15) is 29.8 Å². The van der Waals surface area contributed by atoms with E-state index in [0.29, 0.717) is 48.1 Å². The fraction of sp³-hybridized carbons (Fsp3) is 0.444. The Balaban J connectivity index is 1.98. The molecule has 0 saturated heterocycles. The van der Waals surface area contributed by atoms with Crippen molar-refractivity contribution in [2.75, 3.05) is 20.8 Å². The maximum Gasteiger partial charge on any atom is 0.214 e. The van der Waals surface area contributed by atoms with Gasteiger partial charge in [-0.3, -0.25) is 4.99 Å². The standard InChI is InChI=1S/C18H25ClN4O3/c1-6-25-17-14(19)7-13(8-15(17)24-5)9-21-18(20-4)22-10-16-23-11(2)12(3)26-16/h7-8H,6,9-10H2,1-5H3,(H2,20,21,22). The van der Waals surface area contributed by atoms with Gasteiger partial charge >= 0.3 is 0 Å². The third-order valence-electron chi connectivity index (χ3n) is 3.74. The molecule has 0 unspecified atom stereocenters. The third kappa shape index (κ3) is 5.05. The monoisotopic (exact) mass is 380 g/mol. The van der Waals surface area contributed by atoms with Crippen LogP contribution in [0, 0.1) is 13.8 Å². The number of rotatable bonds is 7. The van der Waals surface area contributed by atoms with E-state index >= 15 is 0 Å². The first-order valence-corrected chi connectivity index (χ1v) is 8.72. The predicted molar refractivity (Wildman–Crippen MR) is 102 cm³/mol. The molecule has 7 nitrogen and oxygen atoms in total. The number of nitrogens with zero attached hydrogens (tertiary/aromatic N) is 2. The molecule has 2 aromatic rings. The average molecular weight is 381 g/mol. The highest BCUT2D eigenvalue weighted by Gasteiger charge is 2.12. The SMILES string of the molecule is CCOc1c(Cl)cc(CNC(=NC)NCc2nc(C)c(C)o2)cc1OC. The van der Waals surface area contributed by atoms with E-state index in [-0.39, 0.29) is 0 Å². The number of aliphatic imine (C=N–C) groups is 1. The van der Waals surface area contributed by atoms with Crippen molar-refractivity contribution in [1.82, 2.24) is 15.6 Å². The van der Waals surface area contributed by atoms with Crippen LogP contribution in [0.25, 0.3) is 0 Å². The lowest BCUT2D eigenvalue weighted by Crippen LogP contribution is -2.36. The van der Waals surface area contributed by atoms with Crippen LogP contribution in [0.2, 0.25) is 5.02 Å². The fourth-order valence-electron chi connectivity index (χ4n) is 2.34. The lowest BCUT2D eigenvalue weighted by Gasteiger charge is -2.15. The average Bonchev–Trinajstić information content (AvgIpc) is 2.95. The number of methoxy groups -OCH3 is 1. The highest BCUT2D eigenvalue weighted by Crippen LogP contribution is 2.36. The van der Waals surface area contributed by atoms with E-state index in [1.807, 2.05) is 32.9 Å². The highest BCUT2D eigenvalue weighted by atomic mass is 35.5. The van der Waals surface area contributed by atoms with E-state index in [4.69, 9.17) is 25.5 Å². The molecule has 1 aromatic carbocycles. The quantitative estimate of drug-likeness (QED) is 0.567. The molecule has 0 aliphatic heterocycles. The summed E-state index contributed by atoms with van der Waals surface area (Å²) < 4.78 is 16.4. The molecule has 0 amide bonds. The van der Waals surface area contributed by atoms with Crippen LogP contribution in [0.15, 0.2) is 21.5 Å². The lowest BCUT2D eigenvalue weighted by molar-refractivity contribution is 0.311. The summed E-state index contributed by atoms with van der Waals surface area (Å²) in [6.45, 7) is 7.19. The van der Waals surface area contributed by atoms with Crippen LogP contribution in [0.4, 0.5) is 0 Å². The maximum atomic E-state index is 6.30. The molecule has 0 atom stereocenters. The van der Waals surface area contributed by atoms with Crippen LogP contribution in [-0.2, 0) is 13.1 Å². The van der Waals surface area contributed by atoms with Gasteiger partial charge in [0.05, 0.1) is 31.0 Å². The minimum atomic E-state index is 0.446. The van der Waals surface area contributed by atoms with E-state index in [1.165, 1.54) is 0 Å². The summed E-state index contributed by atoms with van der Waals surface area (Å²) in [5, 5.41) is 6.90. The number of aromatic nitrogens is 1.